The van der Waals surface area contributed by atoms with Gasteiger partial charge in [-0.2, -0.15) is 0 Å². The van der Waals surface area contributed by atoms with E-state index in [1.54, 1.807) is 18.5 Å². The van der Waals surface area contributed by atoms with Gasteiger partial charge in [-0.05, 0) is 19.1 Å². The van der Waals surface area contributed by atoms with Crippen LogP contribution in [0.25, 0.3) is 0 Å². The highest BCUT2D eigenvalue weighted by Gasteiger charge is 2.02. The lowest BCUT2D eigenvalue weighted by Crippen LogP contribution is -2.15. The summed E-state index contributed by atoms with van der Waals surface area (Å²) >= 11 is 0. The maximum Gasteiger partial charge on any atom is 0.337 e. The van der Waals surface area contributed by atoms with Crippen molar-refractivity contribution in [1.82, 2.24) is 20.3 Å². The second-order valence-corrected chi connectivity index (χ2v) is 4.10. The number of aryl methyl sites for hydroxylation is 1. The van der Waals surface area contributed by atoms with E-state index in [9.17, 15) is 4.79 Å². The van der Waals surface area contributed by atoms with E-state index in [1.807, 2.05) is 6.92 Å². The third kappa shape index (κ3) is 3.82. The van der Waals surface area contributed by atoms with Gasteiger partial charge in [0.05, 0.1) is 22.6 Å². The second kappa shape index (κ2) is 6.01. The van der Waals surface area contributed by atoms with Crippen LogP contribution in [0.3, 0.4) is 0 Å². The fourth-order valence-electron chi connectivity index (χ4n) is 1.48. The van der Waals surface area contributed by atoms with Gasteiger partial charge in [0.15, 0.2) is 0 Å². The summed E-state index contributed by atoms with van der Waals surface area (Å²) < 4.78 is 0. The largest absolute Gasteiger partial charge is 0.478 e. The molecule has 2 aromatic rings. The molecule has 2 N–H and O–H groups in total. The van der Waals surface area contributed by atoms with Gasteiger partial charge in [0.1, 0.15) is 0 Å². The van der Waals surface area contributed by atoms with E-state index < -0.39 is 5.97 Å². The number of pyridine rings is 1. The molecule has 0 aliphatic rings. The first kappa shape index (κ1) is 13.1. The van der Waals surface area contributed by atoms with E-state index in [0.717, 1.165) is 17.1 Å². The lowest BCUT2D eigenvalue weighted by atomic mass is 10.2. The molecule has 2 rings (SSSR count). The SMILES string of the molecule is Cc1cnc(CNCc2ccc(C(=O)O)cn2)cn1. The first-order chi connectivity index (χ1) is 9.15. The number of hydrogen-bond donors (Lipinski definition) is 2. The Morgan fingerprint density at radius 3 is 2.42 bits per heavy atom. The average molecular weight is 258 g/mol. The Hall–Kier alpha value is -2.34. The van der Waals surface area contributed by atoms with Gasteiger partial charge in [0.2, 0.25) is 0 Å². The van der Waals surface area contributed by atoms with Crippen LogP contribution in [0.15, 0.2) is 30.7 Å². The van der Waals surface area contributed by atoms with Crippen LogP contribution in [0.5, 0.6) is 0 Å². The molecule has 6 nitrogen and oxygen atoms in total. The highest BCUT2D eigenvalue weighted by atomic mass is 16.4. The highest BCUT2D eigenvalue weighted by Crippen LogP contribution is 2.01. The lowest BCUT2D eigenvalue weighted by molar-refractivity contribution is 0.0696. The number of nitrogens with zero attached hydrogens (tertiary/aromatic N) is 3. The molecule has 0 aliphatic carbocycles. The summed E-state index contributed by atoms with van der Waals surface area (Å²) in [6.07, 6.45) is 4.80. The summed E-state index contributed by atoms with van der Waals surface area (Å²) in [5.41, 5.74) is 2.71. The fourth-order valence-corrected chi connectivity index (χ4v) is 1.48. The van der Waals surface area contributed by atoms with Gasteiger partial charge in [-0.1, -0.05) is 0 Å². The molecule has 0 fully saturated rings. The van der Waals surface area contributed by atoms with E-state index in [-0.39, 0.29) is 5.56 Å². The zero-order chi connectivity index (χ0) is 13.7. The average Bonchev–Trinajstić information content (AvgIpc) is 2.41. The van der Waals surface area contributed by atoms with Crippen molar-refractivity contribution >= 4 is 5.97 Å². The quantitative estimate of drug-likeness (QED) is 0.837. The third-order valence-electron chi connectivity index (χ3n) is 2.52. The van der Waals surface area contributed by atoms with Crippen LogP contribution in [0, 0.1) is 6.92 Å². The maximum absolute atomic E-state index is 10.7. The molecular formula is C13H14N4O2. The Labute approximate surface area is 110 Å². The van der Waals surface area contributed by atoms with E-state index in [0.29, 0.717) is 13.1 Å². The molecule has 0 amide bonds. The van der Waals surface area contributed by atoms with Crippen LogP contribution in [0.2, 0.25) is 0 Å². The monoisotopic (exact) mass is 258 g/mol. The minimum absolute atomic E-state index is 0.188. The van der Waals surface area contributed by atoms with Gasteiger partial charge in [0.25, 0.3) is 0 Å². The normalized spacial score (nSPS) is 10.4. The molecule has 0 saturated carbocycles. The van der Waals surface area contributed by atoms with Crippen molar-refractivity contribution in [2.45, 2.75) is 20.0 Å². The van der Waals surface area contributed by atoms with Crippen LogP contribution in [-0.2, 0) is 13.1 Å². The van der Waals surface area contributed by atoms with Crippen LogP contribution in [-0.4, -0.2) is 26.0 Å². The Morgan fingerprint density at radius 1 is 1.11 bits per heavy atom. The first-order valence-electron chi connectivity index (χ1n) is 5.81. The molecule has 0 aromatic carbocycles. The number of nitrogens with one attached hydrogen (secondary N) is 1. The zero-order valence-corrected chi connectivity index (χ0v) is 10.5. The van der Waals surface area contributed by atoms with Crippen molar-refractivity contribution in [1.29, 1.82) is 0 Å². The first-order valence-corrected chi connectivity index (χ1v) is 5.81. The van der Waals surface area contributed by atoms with Crippen LogP contribution in [0.1, 0.15) is 27.4 Å². The van der Waals surface area contributed by atoms with Crippen molar-refractivity contribution in [2.24, 2.45) is 0 Å². The summed E-state index contributed by atoms with van der Waals surface area (Å²) in [6.45, 7) is 3.03. The summed E-state index contributed by atoms with van der Waals surface area (Å²) in [6, 6.07) is 3.23. The predicted octanol–water partition coefficient (Wildman–Crippen LogP) is 1.17. The molecule has 0 atom stereocenters. The molecule has 0 spiro atoms. The standard InChI is InChI=1S/C13H14N4O2/c1-9-4-16-12(8-15-9)7-14-6-11-3-2-10(5-17-11)13(18)19/h2-5,8,14H,6-7H2,1H3,(H,18,19). The van der Waals surface area contributed by atoms with E-state index >= 15 is 0 Å². The minimum Gasteiger partial charge on any atom is -0.478 e. The minimum atomic E-state index is -0.970. The zero-order valence-electron chi connectivity index (χ0n) is 10.5. The van der Waals surface area contributed by atoms with Gasteiger partial charge in [-0.3, -0.25) is 15.0 Å². The van der Waals surface area contributed by atoms with Gasteiger partial charge < -0.3 is 10.4 Å². The molecule has 98 valence electrons. The topological polar surface area (TPSA) is 88.0 Å². The molecule has 6 heteroatoms. The van der Waals surface area contributed by atoms with Gasteiger partial charge >= 0.3 is 5.97 Å². The number of carboxylic acid groups (broad SMARTS) is 1. The van der Waals surface area contributed by atoms with Crippen LogP contribution in [0.4, 0.5) is 0 Å². The van der Waals surface area contributed by atoms with Crippen LogP contribution >= 0.6 is 0 Å². The number of aromatic carboxylic acids is 1. The lowest BCUT2D eigenvalue weighted by Gasteiger charge is -2.04. The second-order valence-electron chi connectivity index (χ2n) is 4.10. The molecule has 0 radical (unpaired) electrons. The molecule has 0 saturated heterocycles. The highest BCUT2D eigenvalue weighted by molar-refractivity contribution is 5.87. The fraction of sp³-hybridized carbons (Fsp3) is 0.231. The van der Waals surface area contributed by atoms with Crippen molar-refractivity contribution in [2.75, 3.05) is 0 Å². The van der Waals surface area contributed by atoms with E-state index in [2.05, 4.69) is 20.3 Å². The van der Waals surface area contributed by atoms with Crippen molar-refractivity contribution in [3.8, 4) is 0 Å². The van der Waals surface area contributed by atoms with E-state index in [1.165, 1.54) is 12.3 Å². The third-order valence-corrected chi connectivity index (χ3v) is 2.52. The molecule has 2 aromatic heterocycles. The van der Waals surface area contributed by atoms with Gasteiger partial charge in [-0.15, -0.1) is 0 Å². The van der Waals surface area contributed by atoms with E-state index in [4.69, 9.17) is 5.11 Å². The Kier molecular flexibility index (Phi) is 4.15. The van der Waals surface area contributed by atoms with Crippen LogP contribution < -0.4 is 5.32 Å². The Bertz CT molecular complexity index is 552. The number of hydrogen-bond acceptors (Lipinski definition) is 5. The van der Waals surface area contributed by atoms with Crippen molar-refractivity contribution < 1.29 is 9.90 Å². The number of rotatable bonds is 5. The molecule has 19 heavy (non-hydrogen) atoms. The molecule has 0 unspecified atom stereocenters. The predicted molar refractivity (Wildman–Crippen MR) is 68.5 cm³/mol. The van der Waals surface area contributed by atoms with Gasteiger partial charge in [-0.25, -0.2) is 4.79 Å². The van der Waals surface area contributed by atoms with Crippen molar-refractivity contribution in [3.05, 3.63) is 53.4 Å². The Balaban J connectivity index is 1.85. The maximum atomic E-state index is 10.7. The summed E-state index contributed by atoms with van der Waals surface area (Å²) in [5.74, 6) is -0.970. The molecule has 0 bridgehead atoms. The summed E-state index contributed by atoms with van der Waals surface area (Å²) in [7, 11) is 0. The number of aromatic nitrogens is 3. The molecule has 0 aliphatic heterocycles. The summed E-state index contributed by atoms with van der Waals surface area (Å²) in [4.78, 5) is 23.1. The Morgan fingerprint density at radius 2 is 1.84 bits per heavy atom. The summed E-state index contributed by atoms with van der Waals surface area (Å²) in [5, 5.41) is 11.9. The smallest absolute Gasteiger partial charge is 0.337 e. The molecular weight excluding hydrogens is 244 g/mol. The number of carboxylic acids is 1. The number of carbonyl (C=O) groups is 1. The van der Waals surface area contributed by atoms with Gasteiger partial charge in [0, 0.05) is 31.7 Å². The van der Waals surface area contributed by atoms with Crippen molar-refractivity contribution in [3.63, 3.8) is 0 Å². The molecule has 2 heterocycles.